The van der Waals surface area contributed by atoms with E-state index >= 15 is 0 Å². The summed E-state index contributed by atoms with van der Waals surface area (Å²) >= 11 is 7.34. The first-order valence-corrected chi connectivity index (χ1v) is 6.91. The zero-order valence-corrected chi connectivity index (χ0v) is 11.7. The summed E-state index contributed by atoms with van der Waals surface area (Å²) in [4.78, 5) is 9.68. The Morgan fingerprint density at radius 2 is 2.41 bits per heavy atom. The van der Waals surface area contributed by atoms with Gasteiger partial charge >= 0.3 is 0 Å². The molecule has 2 heterocycles. The monoisotopic (exact) mass is 275 g/mol. The van der Waals surface area contributed by atoms with Crippen molar-refractivity contribution in [2.24, 2.45) is 0 Å². The lowest BCUT2D eigenvalue weighted by atomic mass is 10.2. The highest BCUT2D eigenvalue weighted by Gasteiger charge is 2.31. The summed E-state index contributed by atoms with van der Waals surface area (Å²) in [5.74, 6) is 0. The van der Waals surface area contributed by atoms with Crippen LogP contribution in [0.5, 0.6) is 0 Å². The molecule has 1 aliphatic rings. The van der Waals surface area contributed by atoms with E-state index in [2.05, 4.69) is 28.9 Å². The lowest BCUT2D eigenvalue weighted by molar-refractivity contribution is 0.170. The summed E-state index contributed by atoms with van der Waals surface area (Å²) in [6.45, 7) is 2.55. The molecule has 2 atom stereocenters. The Bertz CT molecular complexity index is 371. The Morgan fingerprint density at radius 3 is 3.00 bits per heavy atom. The Balaban J connectivity index is 1.98. The maximum Gasteiger partial charge on any atom is 0.183 e. The second-order valence-corrected chi connectivity index (χ2v) is 6.51. The minimum absolute atomic E-state index is 0.205. The van der Waals surface area contributed by atoms with Crippen LogP contribution in [0.4, 0.5) is 0 Å². The number of nitrogens with zero attached hydrogens (tertiary/aromatic N) is 3. The van der Waals surface area contributed by atoms with Gasteiger partial charge in [-0.3, -0.25) is 4.90 Å². The highest BCUT2D eigenvalue weighted by Crippen LogP contribution is 2.25. The summed E-state index contributed by atoms with van der Waals surface area (Å²) in [7, 11) is 4.12. The van der Waals surface area contributed by atoms with Gasteiger partial charge in [0.25, 0.3) is 0 Å². The maximum absolute atomic E-state index is 9.77. The van der Waals surface area contributed by atoms with E-state index in [1.165, 1.54) is 11.3 Å². The van der Waals surface area contributed by atoms with Crippen LogP contribution in [0.1, 0.15) is 11.3 Å². The molecule has 17 heavy (non-hydrogen) atoms. The van der Waals surface area contributed by atoms with E-state index in [4.69, 9.17) is 11.6 Å². The van der Waals surface area contributed by atoms with Gasteiger partial charge in [-0.2, -0.15) is 0 Å². The Hall–Kier alpha value is -0.200. The van der Waals surface area contributed by atoms with Crippen molar-refractivity contribution in [3.05, 3.63) is 15.5 Å². The quantitative estimate of drug-likeness (QED) is 0.899. The van der Waals surface area contributed by atoms with Gasteiger partial charge in [-0.15, -0.1) is 11.3 Å². The fourth-order valence-corrected chi connectivity index (χ4v) is 3.32. The van der Waals surface area contributed by atoms with Crippen LogP contribution in [-0.4, -0.2) is 59.2 Å². The Morgan fingerprint density at radius 1 is 1.65 bits per heavy atom. The van der Waals surface area contributed by atoms with Crippen molar-refractivity contribution in [2.75, 3.05) is 27.2 Å². The van der Waals surface area contributed by atoms with Gasteiger partial charge in [0, 0.05) is 36.8 Å². The molecule has 0 bridgehead atoms. The minimum Gasteiger partial charge on any atom is -0.392 e. The van der Waals surface area contributed by atoms with Gasteiger partial charge < -0.3 is 10.0 Å². The lowest BCUT2D eigenvalue weighted by Gasteiger charge is -2.25. The van der Waals surface area contributed by atoms with Crippen LogP contribution < -0.4 is 0 Å². The van der Waals surface area contributed by atoms with Crippen molar-refractivity contribution in [3.8, 4) is 0 Å². The third kappa shape index (κ3) is 3.63. The van der Waals surface area contributed by atoms with Crippen molar-refractivity contribution in [1.82, 2.24) is 14.8 Å². The van der Waals surface area contributed by atoms with Gasteiger partial charge in [0.05, 0.1) is 6.10 Å². The largest absolute Gasteiger partial charge is 0.392 e. The highest BCUT2D eigenvalue weighted by molar-refractivity contribution is 7.15. The van der Waals surface area contributed by atoms with Crippen LogP contribution in [0.15, 0.2) is 6.20 Å². The second-order valence-electron chi connectivity index (χ2n) is 4.81. The number of likely N-dealkylation sites (N-methyl/N-ethyl adjacent to an activating group) is 1. The number of likely N-dealkylation sites (tertiary alicyclic amines) is 1. The Kier molecular flexibility index (Phi) is 4.38. The molecule has 6 heteroatoms. The molecule has 1 saturated heterocycles. The van der Waals surface area contributed by atoms with Crippen molar-refractivity contribution in [2.45, 2.75) is 25.1 Å². The SMILES string of the molecule is CN(C)CC1CC(O)CN1Cc1cnc(Cl)s1. The van der Waals surface area contributed by atoms with E-state index in [0.29, 0.717) is 10.5 Å². The average molecular weight is 276 g/mol. The van der Waals surface area contributed by atoms with Crippen LogP contribution in [0.2, 0.25) is 4.47 Å². The maximum atomic E-state index is 9.77. The van der Waals surface area contributed by atoms with E-state index in [9.17, 15) is 5.11 Å². The molecule has 1 fully saturated rings. The molecule has 0 aliphatic carbocycles. The number of aliphatic hydroxyl groups excluding tert-OH is 1. The number of halogens is 1. The fourth-order valence-electron chi connectivity index (χ4n) is 2.32. The third-order valence-corrected chi connectivity index (χ3v) is 4.07. The molecule has 2 unspecified atom stereocenters. The first kappa shape index (κ1) is 13.2. The molecule has 96 valence electrons. The van der Waals surface area contributed by atoms with Crippen molar-refractivity contribution in [3.63, 3.8) is 0 Å². The molecule has 1 aromatic rings. The summed E-state index contributed by atoms with van der Waals surface area (Å²) in [6.07, 6.45) is 2.47. The lowest BCUT2D eigenvalue weighted by Crippen LogP contribution is -2.36. The number of β-amino-alcohol motifs (C(OH)–C–C–N with tert-alkyl or cyclic N) is 1. The van der Waals surface area contributed by atoms with E-state index in [-0.39, 0.29) is 6.10 Å². The number of rotatable bonds is 4. The molecule has 1 aliphatic heterocycles. The molecule has 0 saturated carbocycles. The van der Waals surface area contributed by atoms with Gasteiger partial charge in [-0.1, -0.05) is 11.6 Å². The van der Waals surface area contributed by atoms with E-state index in [0.717, 1.165) is 30.9 Å². The summed E-state index contributed by atoms with van der Waals surface area (Å²) in [6, 6.07) is 0.417. The van der Waals surface area contributed by atoms with Gasteiger partial charge in [-0.25, -0.2) is 4.98 Å². The topological polar surface area (TPSA) is 39.6 Å². The zero-order valence-electron chi connectivity index (χ0n) is 10.1. The predicted molar refractivity (Wildman–Crippen MR) is 70.5 cm³/mol. The zero-order chi connectivity index (χ0) is 12.4. The van der Waals surface area contributed by atoms with Crippen LogP contribution in [-0.2, 0) is 6.54 Å². The number of hydrogen-bond donors (Lipinski definition) is 1. The number of hydrogen-bond acceptors (Lipinski definition) is 5. The molecule has 0 aromatic carbocycles. The highest BCUT2D eigenvalue weighted by atomic mass is 35.5. The summed E-state index contributed by atoms with van der Waals surface area (Å²) in [5, 5.41) is 9.77. The van der Waals surface area contributed by atoms with Crippen molar-refractivity contribution in [1.29, 1.82) is 0 Å². The first-order chi connectivity index (χ1) is 8.04. The number of aromatic nitrogens is 1. The molecule has 0 amide bonds. The van der Waals surface area contributed by atoms with Crippen LogP contribution in [0, 0.1) is 0 Å². The van der Waals surface area contributed by atoms with Crippen molar-refractivity contribution >= 4 is 22.9 Å². The molecule has 4 nitrogen and oxygen atoms in total. The summed E-state index contributed by atoms with van der Waals surface area (Å²) < 4.78 is 0.587. The van der Waals surface area contributed by atoms with Crippen molar-refractivity contribution < 1.29 is 5.11 Å². The van der Waals surface area contributed by atoms with Gasteiger partial charge in [0.2, 0.25) is 0 Å². The van der Waals surface area contributed by atoms with Gasteiger partial charge in [-0.05, 0) is 20.5 Å². The molecule has 2 rings (SSSR count). The smallest absolute Gasteiger partial charge is 0.183 e. The Labute approximate surface area is 111 Å². The minimum atomic E-state index is -0.205. The third-order valence-electron chi connectivity index (χ3n) is 2.97. The predicted octanol–water partition coefficient (Wildman–Crippen LogP) is 1.29. The molecule has 1 N–H and O–H groups in total. The van der Waals surface area contributed by atoms with Crippen LogP contribution >= 0.6 is 22.9 Å². The fraction of sp³-hybridized carbons (Fsp3) is 0.727. The number of thiazole rings is 1. The molecular formula is C11H18ClN3OS. The van der Waals surface area contributed by atoms with Crippen LogP contribution in [0.25, 0.3) is 0 Å². The second kappa shape index (κ2) is 5.63. The first-order valence-electron chi connectivity index (χ1n) is 5.71. The van der Waals surface area contributed by atoms with E-state index in [1.807, 2.05) is 6.20 Å². The molecule has 0 radical (unpaired) electrons. The normalized spacial score (nSPS) is 25.9. The van der Waals surface area contributed by atoms with Gasteiger partial charge in [0.1, 0.15) is 0 Å². The molecule has 1 aromatic heterocycles. The molecular weight excluding hydrogens is 258 g/mol. The van der Waals surface area contributed by atoms with Crippen LogP contribution in [0.3, 0.4) is 0 Å². The number of aliphatic hydroxyl groups is 1. The van der Waals surface area contributed by atoms with Gasteiger partial charge in [0.15, 0.2) is 4.47 Å². The summed E-state index contributed by atoms with van der Waals surface area (Å²) in [5.41, 5.74) is 0. The van der Waals surface area contributed by atoms with E-state index in [1.54, 1.807) is 0 Å². The average Bonchev–Trinajstić information content (AvgIpc) is 2.74. The van der Waals surface area contributed by atoms with E-state index < -0.39 is 0 Å². The molecule has 0 spiro atoms. The standard InChI is InChI=1S/C11H18ClN3OS/c1-14(2)5-8-3-9(16)6-15(8)7-10-4-13-11(12)17-10/h4,8-9,16H,3,5-7H2,1-2H3.